The summed E-state index contributed by atoms with van der Waals surface area (Å²) in [7, 11) is 0. The molecule has 82 valence electrons. The number of thiophene rings is 1. The number of hydrogen-bond donors (Lipinski definition) is 1. The number of Topliss-reactive ketones (excluding diaryl/α,β-unsaturated/α-hetero) is 1. The third-order valence-corrected chi connectivity index (χ3v) is 5.09. The molecule has 0 saturated carbocycles. The van der Waals surface area contributed by atoms with E-state index < -0.39 is 0 Å². The second-order valence-electron chi connectivity index (χ2n) is 3.62. The monoisotopic (exact) mass is 307 g/mol. The summed E-state index contributed by atoms with van der Waals surface area (Å²) in [4.78, 5) is 12.8. The summed E-state index contributed by atoms with van der Waals surface area (Å²) in [6, 6.07) is 1.83. The van der Waals surface area contributed by atoms with Gasteiger partial charge in [0.25, 0.3) is 0 Å². The molecule has 1 aromatic rings. The fourth-order valence-electron chi connectivity index (χ4n) is 1.75. The predicted octanol–water partition coefficient (Wildman–Crippen LogP) is 3.35. The van der Waals surface area contributed by atoms with E-state index in [1.807, 2.05) is 6.07 Å². The molecule has 1 saturated heterocycles. The molecule has 15 heavy (non-hydrogen) atoms. The molecule has 2 heterocycles. The summed E-state index contributed by atoms with van der Waals surface area (Å²) in [6.45, 7) is 1.88. The van der Waals surface area contributed by atoms with Gasteiger partial charge in [-0.05, 0) is 47.9 Å². The summed E-state index contributed by atoms with van der Waals surface area (Å²) < 4.78 is 1.48. The van der Waals surface area contributed by atoms with E-state index in [2.05, 4.69) is 21.2 Å². The number of rotatable bonds is 2. The lowest BCUT2D eigenvalue weighted by Gasteiger charge is -2.20. The zero-order valence-electron chi connectivity index (χ0n) is 8.06. The Morgan fingerprint density at radius 3 is 2.73 bits per heavy atom. The van der Waals surface area contributed by atoms with E-state index in [-0.39, 0.29) is 11.7 Å². The first kappa shape index (κ1) is 11.6. The fraction of sp³-hybridized carbons (Fsp3) is 0.500. The van der Waals surface area contributed by atoms with E-state index in [1.54, 1.807) is 0 Å². The lowest BCUT2D eigenvalue weighted by atomic mass is 9.93. The van der Waals surface area contributed by atoms with Crippen LogP contribution in [-0.4, -0.2) is 18.9 Å². The number of ketones is 1. The second-order valence-corrected chi connectivity index (χ2v) is 6.13. The zero-order valence-corrected chi connectivity index (χ0v) is 11.2. The molecule has 5 heteroatoms. The van der Waals surface area contributed by atoms with Crippen LogP contribution in [0.25, 0.3) is 0 Å². The molecule has 1 aliphatic heterocycles. The minimum atomic E-state index is 0.174. The van der Waals surface area contributed by atoms with E-state index in [4.69, 9.17) is 11.6 Å². The molecular weight excluding hydrogens is 298 g/mol. The first-order valence-electron chi connectivity index (χ1n) is 4.88. The Hall–Kier alpha value is 0.1000. The molecule has 0 aromatic carbocycles. The van der Waals surface area contributed by atoms with Crippen molar-refractivity contribution in [2.75, 3.05) is 13.1 Å². The quantitative estimate of drug-likeness (QED) is 0.849. The average molecular weight is 309 g/mol. The van der Waals surface area contributed by atoms with Crippen molar-refractivity contribution < 1.29 is 4.79 Å². The molecule has 0 bridgehead atoms. The smallest absolute Gasteiger partial charge is 0.176 e. The van der Waals surface area contributed by atoms with Gasteiger partial charge < -0.3 is 5.32 Å². The highest BCUT2D eigenvalue weighted by atomic mass is 79.9. The summed E-state index contributed by atoms with van der Waals surface area (Å²) in [5.74, 6) is 0.418. The molecule has 0 aliphatic carbocycles. The Bertz CT molecular complexity index is 354. The average Bonchev–Trinajstić information content (AvgIpc) is 2.59. The van der Waals surface area contributed by atoms with Crippen LogP contribution in [0.2, 0.25) is 4.34 Å². The number of carbonyl (C=O) groups is 1. The van der Waals surface area contributed by atoms with Crippen LogP contribution in [-0.2, 0) is 0 Å². The topological polar surface area (TPSA) is 29.1 Å². The van der Waals surface area contributed by atoms with Crippen LogP contribution in [0, 0.1) is 5.92 Å². The van der Waals surface area contributed by atoms with Crippen LogP contribution in [0.4, 0.5) is 0 Å². The van der Waals surface area contributed by atoms with Crippen molar-refractivity contribution in [2.45, 2.75) is 12.8 Å². The molecule has 0 atom stereocenters. The van der Waals surface area contributed by atoms with Gasteiger partial charge in [-0.25, -0.2) is 0 Å². The highest BCUT2D eigenvalue weighted by Gasteiger charge is 2.24. The predicted molar refractivity (Wildman–Crippen MR) is 67.0 cm³/mol. The van der Waals surface area contributed by atoms with Crippen LogP contribution in [0.5, 0.6) is 0 Å². The van der Waals surface area contributed by atoms with Crippen LogP contribution >= 0.6 is 38.9 Å². The highest BCUT2D eigenvalue weighted by molar-refractivity contribution is 9.10. The van der Waals surface area contributed by atoms with Gasteiger partial charge in [0.1, 0.15) is 4.34 Å². The maximum atomic E-state index is 12.1. The van der Waals surface area contributed by atoms with Gasteiger partial charge in [0, 0.05) is 10.4 Å². The Balaban J connectivity index is 2.12. The first-order valence-corrected chi connectivity index (χ1v) is 6.87. The minimum Gasteiger partial charge on any atom is -0.317 e. The van der Waals surface area contributed by atoms with E-state index in [0.29, 0.717) is 4.34 Å². The SMILES string of the molecule is O=C(c1cc(Br)c(Cl)s1)C1CCNCC1. The molecule has 0 amide bonds. The Morgan fingerprint density at radius 1 is 1.53 bits per heavy atom. The lowest BCUT2D eigenvalue weighted by molar-refractivity contribution is 0.0899. The van der Waals surface area contributed by atoms with Gasteiger partial charge in [-0.3, -0.25) is 4.79 Å². The van der Waals surface area contributed by atoms with Crippen molar-refractivity contribution in [3.8, 4) is 0 Å². The van der Waals surface area contributed by atoms with Gasteiger partial charge >= 0.3 is 0 Å². The Kier molecular flexibility index (Phi) is 3.83. The van der Waals surface area contributed by atoms with Crippen LogP contribution in [0.1, 0.15) is 22.5 Å². The van der Waals surface area contributed by atoms with Gasteiger partial charge in [-0.1, -0.05) is 11.6 Å². The van der Waals surface area contributed by atoms with Crippen molar-refractivity contribution in [3.63, 3.8) is 0 Å². The molecule has 0 spiro atoms. The first-order chi connectivity index (χ1) is 7.18. The van der Waals surface area contributed by atoms with Crippen LogP contribution in [0.3, 0.4) is 0 Å². The van der Waals surface area contributed by atoms with Crippen molar-refractivity contribution in [1.82, 2.24) is 5.32 Å². The van der Waals surface area contributed by atoms with Crippen molar-refractivity contribution in [3.05, 3.63) is 19.8 Å². The molecule has 2 nitrogen and oxygen atoms in total. The van der Waals surface area contributed by atoms with Crippen LogP contribution in [0.15, 0.2) is 10.5 Å². The van der Waals surface area contributed by atoms with Gasteiger partial charge in [0.05, 0.1) is 4.88 Å². The van der Waals surface area contributed by atoms with Gasteiger partial charge in [0.2, 0.25) is 0 Å². The standard InChI is InChI=1S/C10H11BrClNOS/c11-7-5-8(15-10(7)12)9(14)6-1-3-13-4-2-6/h5-6,13H,1-4H2. The number of hydrogen-bond acceptors (Lipinski definition) is 3. The van der Waals surface area contributed by atoms with Crippen molar-refractivity contribution >= 4 is 44.7 Å². The zero-order chi connectivity index (χ0) is 10.8. The molecule has 1 aliphatic rings. The maximum Gasteiger partial charge on any atom is 0.176 e. The Labute approximate surface area is 106 Å². The highest BCUT2D eigenvalue weighted by Crippen LogP contribution is 2.34. The summed E-state index contributed by atoms with van der Waals surface area (Å²) in [6.07, 6.45) is 1.87. The molecule has 2 rings (SSSR count). The number of piperidine rings is 1. The molecule has 0 radical (unpaired) electrons. The van der Waals surface area contributed by atoms with E-state index in [1.165, 1.54) is 11.3 Å². The maximum absolute atomic E-state index is 12.1. The van der Waals surface area contributed by atoms with Crippen molar-refractivity contribution in [1.29, 1.82) is 0 Å². The van der Waals surface area contributed by atoms with Gasteiger partial charge in [-0.15, -0.1) is 11.3 Å². The molecular formula is C10H11BrClNOS. The van der Waals surface area contributed by atoms with E-state index in [0.717, 1.165) is 35.3 Å². The molecule has 1 aromatic heterocycles. The Morgan fingerprint density at radius 2 is 2.20 bits per heavy atom. The van der Waals surface area contributed by atoms with E-state index in [9.17, 15) is 4.79 Å². The molecule has 0 unspecified atom stereocenters. The van der Waals surface area contributed by atoms with E-state index >= 15 is 0 Å². The summed E-state index contributed by atoms with van der Waals surface area (Å²) in [5.41, 5.74) is 0. The summed E-state index contributed by atoms with van der Waals surface area (Å²) in [5, 5.41) is 3.25. The number of nitrogens with one attached hydrogen (secondary N) is 1. The summed E-state index contributed by atoms with van der Waals surface area (Å²) >= 11 is 10.6. The third kappa shape index (κ3) is 2.61. The lowest BCUT2D eigenvalue weighted by Crippen LogP contribution is -2.31. The fourth-order valence-corrected chi connectivity index (χ4v) is 3.47. The normalized spacial score (nSPS) is 18.0. The van der Waals surface area contributed by atoms with Gasteiger partial charge in [0.15, 0.2) is 5.78 Å². The number of carbonyl (C=O) groups excluding carboxylic acids is 1. The van der Waals surface area contributed by atoms with Crippen molar-refractivity contribution in [2.24, 2.45) is 5.92 Å². The van der Waals surface area contributed by atoms with Gasteiger partial charge in [-0.2, -0.15) is 0 Å². The second kappa shape index (κ2) is 4.95. The minimum absolute atomic E-state index is 0.174. The largest absolute Gasteiger partial charge is 0.317 e. The number of halogens is 2. The van der Waals surface area contributed by atoms with Crippen LogP contribution < -0.4 is 5.32 Å². The third-order valence-electron chi connectivity index (χ3n) is 2.60. The molecule has 1 fully saturated rings. The molecule has 1 N–H and O–H groups in total.